The van der Waals surface area contributed by atoms with Gasteiger partial charge >= 0.3 is 11.8 Å². The van der Waals surface area contributed by atoms with E-state index in [9.17, 15) is 18.8 Å². The highest BCUT2D eigenvalue weighted by Gasteiger charge is 2.15. The Kier molecular flexibility index (Phi) is 8.49. The number of carbonyl (C=O) groups is 3. The first-order chi connectivity index (χ1) is 16.9. The maximum atomic E-state index is 13.0. The van der Waals surface area contributed by atoms with E-state index in [-0.39, 0.29) is 24.0 Å². The molecule has 180 valence electrons. The summed E-state index contributed by atoms with van der Waals surface area (Å²) in [5.74, 6) is -2.29. The van der Waals surface area contributed by atoms with Gasteiger partial charge in [-0.3, -0.25) is 14.4 Å². The fourth-order valence-corrected chi connectivity index (χ4v) is 2.92. The number of methoxy groups -OCH3 is 1. The first-order valence-corrected chi connectivity index (χ1v) is 10.4. The number of hydrogen-bond donors (Lipinski definition) is 3. The predicted octanol–water partition coefficient (Wildman–Crippen LogP) is 3.25. The van der Waals surface area contributed by atoms with E-state index in [2.05, 4.69) is 21.2 Å². The molecule has 3 rings (SSSR count). The molecule has 3 aromatic carbocycles. The van der Waals surface area contributed by atoms with Crippen molar-refractivity contribution in [2.75, 3.05) is 24.4 Å². The number of nitrogens with zero attached hydrogens (tertiary/aromatic N) is 1. The van der Waals surface area contributed by atoms with E-state index in [1.165, 1.54) is 25.5 Å². The molecule has 0 aromatic heterocycles. The van der Waals surface area contributed by atoms with Crippen molar-refractivity contribution in [3.8, 4) is 11.5 Å². The molecule has 10 heteroatoms. The maximum Gasteiger partial charge on any atom is 0.329 e. The average molecular weight is 478 g/mol. The molecule has 0 aliphatic heterocycles. The zero-order valence-electron chi connectivity index (χ0n) is 19.0. The Morgan fingerprint density at radius 3 is 2.40 bits per heavy atom. The van der Waals surface area contributed by atoms with Gasteiger partial charge in [0, 0.05) is 16.9 Å². The Labute approximate surface area is 200 Å². The highest BCUT2D eigenvalue weighted by Crippen LogP contribution is 2.30. The maximum absolute atomic E-state index is 13.0. The molecule has 0 heterocycles. The van der Waals surface area contributed by atoms with Crippen LogP contribution in [0.25, 0.3) is 0 Å². The van der Waals surface area contributed by atoms with E-state index in [1.807, 2.05) is 25.1 Å². The number of carbonyl (C=O) groups excluding carboxylic acids is 3. The van der Waals surface area contributed by atoms with Gasteiger partial charge in [-0.2, -0.15) is 5.10 Å². The first-order valence-electron chi connectivity index (χ1n) is 10.4. The number of halogens is 1. The number of benzene rings is 3. The molecule has 3 N–H and O–H groups in total. The van der Waals surface area contributed by atoms with Crippen LogP contribution in [-0.4, -0.2) is 37.7 Å². The molecule has 0 saturated heterocycles. The number of rotatable bonds is 8. The smallest absolute Gasteiger partial charge is 0.329 e. The topological polar surface area (TPSA) is 118 Å². The normalized spacial score (nSPS) is 10.5. The largest absolute Gasteiger partial charge is 0.493 e. The zero-order valence-corrected chi connectivity index (χ0v) is 19.0. The van der Waals surface area contributed by atoms with Crippen molar-refractivity contribution in [3.05, 3.63) is 83.7 Å². The number of amides is 3. The van der Waals surface area contributed by atoms with E-state index < -0.39 is 17.6 Å². The van der Waals surface area contributed by atoms with Crippen LogP contribution in [0.2, 0.25) is 0 Å². The minimum Gasteiger partial charge on any atom is -0.493 e. The van der Waals surface area contributed by atoms with Gasteiger partial charge in [-0.15, -0.1) is 0 Å². The van der Waals surface area contributed by atoms with Crippen LogP contribution < -0.4 is 25.5 Å². The van der Waals surface area contributed by atoms with Gasteiger partial charge in [0.05, 0.1) is 13.3 Å². The molecule has 0 aliphatic carbocycles. The summed E-state index contributed by atoms with van der Waals surface area (Å²) in [5, 5.41) is 8.87. The van der Waals surface area contributed by atoms with Crippen molar-refractivity contribution < 1.29 is 28.2 Å². The van der Waals surface area contributed by atoms with E-state index >= 15 is 0 Å². The second kappa shape index (κ2) is 11.9. The molecule has 0 fully saturated rings. The third kappa shape index (κ3) is 7.13. The van der Waals surface area contributed by atoms with Gasteiger partial charge in [0.2, 0.25) is 0 Å². The molecule has 0 atom stereocenters. The molecule has 0 unspecified atom stereocenters. The Morgan fingerprint density at radius 1 is 0.943 bits per heavy atom. The van der Waals surface area contributed by atoms with Gasteiger partial charge in [0.1, 0.15) is 5.82 Å². The number of anilines is 2. The fourth-order valence-electron chi connectivity index (χ4n) is 2.92. The third-order valence-corrected chi connectivity index (χ3v) is 4.67. The van der Waals surface area contributed by atoms with Crippen LogP contribution in [0.4, 0.5) is 15.8 Å². The monoisotopic (exact) mass is 478 g/mol. The van der Waals surface area contributed by atoms with E-state index in [4.69, 9.17) is 9.47 Å². The quantitative estimate of drug-likeness (QED) is 0.261. The van der Waals surface area contributed by atoms with Gasteiger partial charge in [-0.1, -0.05) is 24.3 Å². The SMILES string of the molecule is COc1cccc(/C=N\NC(=O)C(=O)Nc2ccc(F)cc2)c1OCC(=O)Nc1ccccc1C. The number of hydrogen-bond acceptors (Lipinski definition) is 6. The van der Waals surface area contributed by atoms with Crippen molar-refractivity contribution in [1.29, 1.82) is 0 Å². The summed E-state index contributed by atoms with van der Waals surface area (Å²) in [4.78, 5) is 36.4. The van der Waals surface area contributed by atoms with Crippen LogP contribution in [0.5, 0.6) is 11.5 Å². The highest BCUT2D eigenvalue weighted by atomic mass is 19.1. The Balaban J connectivity index is 1.62. The summed E-state index contributed by atoms with van der Waals surface area (Å²) < 4.78 is 23.9. The van der Waals surface area contributed by atoms with Gasteiger partial charge in [0.25, 0.3) is 5.91 Å². The van der Waals surface area contributed by atoms with Crippen LogP contribution in [0.1, 0.15) is 11.1 Å². The summed E-state index contributed by atoms with van der Waals surface area (Å²) in [6, 6.07) is 17.2. The van der Waals surface area contributed by atoms with E-state index in [1.54, 1.807) is 24.3 Å². The second-order valence-electron chi connectivity index (χ2n) is 7.19. The Hall–Kier alpha value is -4.73. The van der Waals surface area contributed by atoms with Crippen molar-refractivity contribution in [2.24, 2.45) is 5.10 Å². The van der Waals surface area contributed by atoms with Crippen LogP contribution in [0.15, 0.2) is 71.8 Å². The van der Waals surface area contributed by atoms with E-state index in [0.29, 0.717) is 17.0 Å². The zero-order chi connectivity index (χ0) is 25.2. The predicted molar refractivity (Wildman–Crippen MR) is 129 cm³/mol. The molecular formula is C25H23FN4O5. The average Bonchev–Trinajstić information content (AvgIpc) is 2.85. The van der Waals surface area contributed by atoms with Crippen LogP contribution in [0, 0.1) is 12.7 Å². The molecule has 9 nitrogen and oxygen atoms in total. The third-order valence-electron chi connectivity index (χ3n) is 4.67. The second-order valence-corrected chi connectivity index (χ2v) is 7.19. The Bertz CT molecular complexity index is 1240. The number of para-hydroxylation sites is 2. The van der Waals surface area contributed by atoms with Gasteiger partial charge < -0.3 is 20.1 Å². The molecule has 0 spiro atoms. The minimum atomic E-state index is -1.03. The standard InChI is InChI=1S/C25H23FN4O5/c1-16-6-3-4-8-20(16)29-22(31)15-35-23-17(7-5-9-21(23)34-2)14-27-30-25(33)24(32)28-19-12-10-18(26)11-13-19/h3-14H,15H2,1-2H3,(H,28,32)(H,29,31)(H,30,33)/b27-14-. The summed E-state index contributed by atoms with van der Waals surface area (Å²) in [6.07, 6.45) is 1.25. The first kappa shape index (κ1) is 24.9. The molecule has 3 amide bonds. The van der Waals surface area contributed by atoms with Crippen LogP contribution in [-0.2, 0) is 14.4 Å². The van der Waals surface area contributed by atoms with Gasteiger partial charge in [-0.25, -0.2) is 9.82 Å². The fraction of sp³-hybridized carbons (Fsp3) is 0.120. The lowest BCUT2D eigenvalue weighted by molar-refractivity contribution is -0.136. The lowest BCUT2D eigenvalue weighted by Gasteiger charge is -2.13. The molecule has 3 aromatic rings. The molecule has 0 saturated carbocycles. The van der Waals surface area contributed by atoms with Gasteiger partial charge in [-0.05, 0) is 55.0 Å². The van der Waals surface area contributed by atoms with Crippen molar-refractivity contribution in [2.45, 2.75) is 6.92 Å². The molecular weight excluding hydrogens is 455 g/mol. The summed E-state index contributed by atoms with van der Waals surface area (Å²) >= 11 is 0. The number of aryl methyl sites for hydroxylation is 1. The molecule has 0 radical (unpaired) electrons. The number of ether oxygens (including phenoxy) is 2. The van der Waals surface area contributed by atoms with Crippen LogP contribution in [0.3, 0.4) is 0 Å². The summed E-state index contributed by atoms with van der Waals surface area (Å²) in [5.41, 5.74) is 4.33. The highest BCUT2D eigenvalue weighted by molar-refractivity contribution is 6.39. The van der Waals surface area contributed by atoms with Gasteiger partial charge in [0.15, 0.2) is 18.1 Å². The minimum absolute atomic E-state index is 0.226. The number of hydrazone groups is 1. The summed E-state index contributed by atoms with van der Waals surface area (Å²) in [7, 11) is 1.44. The van der Waals surface area contributed by atoms with Crippen LogP contribution >= 0.6 is 0 Å². The van der Waals surface area contributed by atoms with Crippen molar-refractivity contribution in [3.63, 3.8) is 0 Å². The lowest BCUT2D eigenvalue weighted by Crippen LogP contribution is -2.32. The Morgan fingerprint density at radius 2 is 1.69 bits per heavy atom. The molecule has 0 bridgehead atoms. The number of nitrogens with one attached hydrogen (secondary N) is 3. The van der Waals surface area contributed by atoms with Crippen molar-refractivity contribution in [1.82, 2.24) is 5.43 Å². The molecule has 35 heavy (non-hydrogen) atoms. The van der Waals surface area contributed by atoms with Crippen molar-refractivity contribution >= 4 is 35.3 Å². The lowest BCUT2D eigenvalue weighted by atomic mass is 10.2. The van der Waals surface area contributed by atoms with E-state index in [0.717, 1.165) is 17.7 Å². The summed E-state index contributed by atoms with van der Waals surface area (Å²) in [6.45, 7) is 1.57. The molecule has 0 aliphatic rings.